The number of hydrogen-bond acceptors (Lipinski definition) is 19. The van der Waals surface area contributed by atoms with E-state index < -0.39 is 125 Å². The van der Waals surface area contributed by atoms with Gasteiger partial charge in [0.2, 0.25) is 53.2 Å². The summed E-state index contributed by atoms with van der Waals surface area (Å²) >= 11 is 0. The lowest BCUT2D eigenvalue weighted by Gasteiger charge is -2.31. The van der Waals surface area contributed by atoms with Crippen molar-refractivity contribution in [3.05, 3.63) is 114 Å². The first kappa shape index (κ1) is 82.5. The molecule has 102 heavy (non-hydrogen) atoms. The fourth-order valence-corrected chi connectivity index (χ4v) is 13.3. The lowest BCUT2D eigenvalue weighted by molar-refractivity contribution is -0.143. The first-order chi connectivity index (χ1) is 48.8. The maximum absolute atomic E-state index is 15.2. The number of rotatable bonds is 34. The summed E-state index contributed by atoms with van der Waals surface area (Å²) in [4.78, 5) is 159. The van der Waals surface area contributed by atoms with Gasteiger partial charge in [-0.15, -0.1) is 0 Å². The molecule has 27 N–H and O–H groups in total. The summed E-state index contributed by atoms with van der Waals surface area (Å²) in [5.74, 6) is -10.9. The molecule has 0 radical (unpaired) electrons. The quantitative estimate of drug-likeness (QED) is 0.00788. The van der Waals surface area contributed by atoms with Crippen LogP contribution in [-0.2, 0) is 60.8 Å². The van der Waals surface area contributed by atoms with Gasteiger partial charge in [0.05, 0.1) is 6.04 Å². The second kappa shape index (κ2) is 43.5. The van der Waals surface area contributed by atoms with Gasteiger partial charge in [0.15, 0.2) is 17.9 Å². The van der Waals surface area contributed by atoms with Crippen LogP contribution >= 0.6 is 21.6 Å². The highest BCUT2D eigenvalue weighted by atomic mass is 33.1. The van der Waals surface area contributed by atoms with E-state index in [1.165, 1.54) is 53.5 Å². The summed E-state index contributed by atoms with van der Waals surface area (Å²) in [6, 6.07) is 4.38. The fourth-order valence-electron chi connectivity index (χ4n) is 11.0. The maximum Gasteiger partial charge on any atom is 0.326 e. The number of nitrogens with zero attached hydrogens (tertiary/aromatic N) is 4. The Morgan fingerprint density at radius 1 is 0.647 bits per heavy atom. The van der Waals surface area contributed by atoms with Crippen LogP contribution in [0.2, 0.25) is 0 Å². The van der Waals surface area contributed by atoms with Crippen molar-refractivity contribution in [1.82, 2.24) is 47.4 Å². The molecule has 33 nitrogen and oxygen atoms in total. The molecule has 3 aromatic rings. The molecule has 10 atom stereocenters. The molecule has 2 saturated heterocycles. The van der Waals surface area contributed by atoms with Gasteiger partial charge in [-0.1, -0.05) is 94.9 Å². The van der Waals surface area contributed by atoms with Crippen LogP contribution in [0.5, 0.6) is 5.75 Å². The van der Waals surface area contributed by atoms with Crippen molar-refractivity contribution in [3.8, 4) is 5.75 Å². The molecule has 0 aliphatic carbocycles. The number of aliphatic imine (C=N–C) groups is 3. The number of aliphatic carboxylic acids is 1. The summed E-state index contributed by atoms with van der Waals surface area (Å²) in [6.07, 6.45) is 6.49. The Morgan fingerprint density at radius 2 is 1.25 bits per heavy atom. The predicted molar refractivity (Wildman–Crippen MR) is 392 cm³/mol. The predicted octanol–water partition coefficient (Wildman–Crippen LogP) is -1.74. The molecular formula is C67H98N20O13S2. The summed E-state index contributed by atoms with van der Waals surface area (Å²) in [6.45, 7) is 3.99. The monoisotopic (exact) mass is 1450 g/mol. The van der Waals surface area contributed by atoms with Crippen LogP contribution in [0.4, 0.5) is 0 Å². The third-order valence-electron chi connectivity index (χ3n) is 16.4. The molecule has 2 fully saturated rings. The number of unbranched alkanes of at least 4 members (excludes halogenated alkanes) is 1. The Kier molecular flexibility index (Phi) is 35.2. The number of aliphatic hydroxyl groups is 1. The average molecular weight is 1460 g/mol. The van der Waals surface area contributed by atoms with Crippen LogP contribution < -0.4 is 88.4 Å². The van der Waals surface area contributed by atoms with Gasteiger partial charge in [-0.05, 0) is 136 Å². The molecule has 0 bridgehead atoms. The molecule has 2 aliphatic heterocycles. The van der Waals surface area contributed by atoms with Crippen molar-refractivity contribution in [2.75, 3.05) is 44.2 Å². The van der Waals surface area contributed by atoms with Crippen LogP contribution in [0.25, 0.3) is 10.8 Å². The smallest absolute Gasteiger partial charge is 0.326 e. The Hall–Kier alpha value is -10.1. The fraction of sp³-hybridized carbons (Fsp3) is 0.478. The second-order valence-electron chi connectivity index (χ2n) is 24.4. The van der Waals surface area contributed by atoms with E-state index in [-0.39, 0.29) is 138 Å². The number of nitrogens with one attached hydrogen (secondary N) is 8. The minimum absolute atomic E-state index is 0.00767. The van der Waals surface area contributed by atoms with Crippen molar-refractivity contribution in [1.29, 1.82) is 0 Å². The molecule has 35 heteroatoms. The zero-order valence-electron chi connectivity index (χ0n) is 56.8. The van der Waals surface area contributed by atoms with Crippen molar-refractivity contribution in [2.24, 2.45) is 60.8 Å². The first-order valence-electron chi connectivity index (χ1n) is 33.5. The minimum Gasteiger partial charge on any atom is -0.508 e. The van der Waals surface area contributed by atoms with E-state index in [2.05, 4.69) is 64.1 Å². The number of benzene rings is 3. The molecule has 0 aromatic heterocycles. The van der Waals surface area contributed by atoms with Crippen molar-refractivity contribution < 1.29 is 63.3 Å². The molecule has 556 valence electrons. The van der Waals surface area contributed by atoms with E-state index in [1.54, 1.807) is 6.07 Å². The van der Waals surface area contributed by atoms with Gasteiger partial charge >= 0.3 is 5.97 Å². The van der Waals surface area contributed by atoms with Crippen molar-refractivity contribution >= 4 is 109 Å². The van der Waals surface area contributed by atoms with Crippen molar-refractivity contribution in [2.45, 2.75) is 157 Å². The topological polar surface area (TPSA) is 576 Å². The highest BCUT2D eigenvalue weighted by molar-refractivity contribution is 8.76. The zero-order chi connectivity index (χ0) is 74.7. The van der Waals surface area contributed by atoms with Gasteiger partial charge in [-0.25, -0.2) is 4.79 Å². The van der Waals surface area contributed by atoms with Gasteiger partial charge in [0.25, 0.3) is 0 Å². The third-order valence-corrected chi connectivity index (χ3v) is 18.8. The number of phenolic OH excluding ortho intramolecular Hbond substituents is 1. The number of hydrogen-bond donors (Lipinski definition) is 19. The number of fused-ring (bicyclic) bond motifs is 2. The first-order valence-corrected chi connectivity index (χ1v) is 36.0. The number of carboxylic acid groups (broad SMARTS) is 1. The SMILES string of the molecule is C=C/C=C(O)\C=C/CC[C@@H]1NC(=O)[C@@H](NC(=O)[C@H](CCCN=C(N)N)NC(=O)[C@H](Cc2ccc3ccccc3c2)NC(=O)[C@@H](N)CCCN=C(N)N)CSSC[C@@H](C(=O)N[C@@H](CCCN=C(N)N)C(=O)O)NC(=O)[C@H](Cc2ccc(O)cc2)NC(=O)[C@@H]2CCCN2C(=O)[C@@H](CCCCN)NC1=O. The summed E-state index contributed by atoms with van der Waals surface area (Å²) in [5, 5.41) is 54.3. The summed E-state index contributed by atoms with van der Waals surface area (Å²) in [5.41, 5.74) is 46.6. The number of phenols is 1. The Labute approximate surface area is 599 Å². The van der Waals surface area contributed by atoms with Crippen molar-refractivity contribution in [3.63, 3.8) is 0 Å². The number of nitrogens with two attached hydrogens (primary N) is 8. The summed E-state index contributed by atoms with van der Waals surface area (Å²) in [7, 11) is 1.79. The lowest BCUT2D eigenvalue weighted by atomic mass is 10.00. The van der Waals surface area contributed by atoms with Crippen LogP contribution in [0.3, 0.4) is 0 Å². The standard InChI is InChI=1S/C67H98N20O13S2/c1-2-13-43(88)16-5-6-18-46-56(91)81-48(19-7-8-29-68)63(98)87-33-12-22-54(87)62(97)84-50(35-39-24-27-44(89)28-25-39)59(94)86-53(61(96)82-49(64(99)100)21-11-32-78-67(74)75)38-102-101-37-52(60(95)80-46)85-57(92)47(20-10-31-77-66(72)73)79-58(93)51(83-55(90)45(69)17-9-30-76-65(70)71)36-40-23-26-41-14-3-4-15-42(41)34-40/h2-5,13-16,23-28,34,45-54,88-89H,1,6-12,17-22,29-33,35-38,68-69H2,(H,79,93)(H,80,95)(H,81,91)(H,82,96)(H,83,90)(H,84,97)(H,85,92)(H,86,94)(H,99,100)(H4,70,71,76)(H4,72,73,77)(H4,74,75,78)/b16-5-,43-13+/t45-,46-,47-,48+,49-,50-,51-,52-,53-,54-/m0/s1. The van der Waals surface area contributed by atoms with E-state index in [4.69, 9.17) is 45.9 Å². The highest BCUT2D eigenvalue weighted by Crippen LogP contribution is 2.26. The Morgan fingerprint density at radius 3 is 1.89 bits per heavy atom. The van der Waals surface area contributed by atoms with Gasteiger partial charge in [0, 0.05) is 50.5 Å². The number of carbonyl (C=O) groups is 10. The Balaban J connectivity index is 1.63. The van der Waals surface area contributed by atoms with E-state index in [9.17, 15) is 53.7 Å². The number of carboxylic acids is 1. The van der Waals surface area contributed by atoms with Gasteiger partial charge in [-0.3, -0.25) is 58.1 Å². The van der Waals surface area contributed by atoms with Crippen LogP contribution in [0, 0.1) is 0 Å². The van der Waals surface area contributed by atoms with E-state index in [0.717, 1.165) is 32.4 Å². The highest BCUT2D eigenvalue weighted by Gasteiger charge is 2.41. The number of allylic oxidation sites excluding steroid dienone is 4. The van der Waals surface area contributed by atoms with Gasteiger partial charge in [0.1, 0.15) is 65.9 Å². The molecule has 0 unspecified atom stereocenters. The van der Waals surface area contributed by atoms with E-state index in [0.29, 0.717) is 36.8 Å². The molecule has 5 rings (SSSR count). The molecule has 0 saturated carbocycles. The minimum atomic E-state index is -1.64. The number of carbonyl (C=O) groups excluding carboxylic acids is 9. The number of aliphatic hydroxyl groups excluding tert-OH is 1. The van der Waals surface area contributed by atoms with Gasteiger partial charge < -0.3 is 109 Å². The molecule has 2 heterocycles. The molecule has 9 amide bonds. The lowest BCUT2D eigenvalue weighted by Crippen LogP contribution is -2.61. The second-order valence-corrected chi connectivity index (χ2v) is 26.9. The normalized spacial score (nSPS) is 19.9. The maximum atomic E-state index is 15.2. The van der Waals surface area contributed by atoms with Crippen LogP contribution in [-0.4, -0.2) is 202 Å². The average Bonchev–Trinajstić information content (AvgIpc) is 1.69. The molecule has 3 aromatic carbocycles. The number of aromatic hydroxyl groups is 1. The van der Waals surface area contributed by atoms with E-state index in [1.807, 2.05) is 36.4 Å². The largest absolute Gasteiger partial charge is 0.508 e. The van der Waals surface area contributed by atoms with E-state index >= 15 is 9.59 Å². The third kappa shape index (κ3) is 28.8. The zero-order valence-corrected chi connectivity index (χ0v) is 58.5. The summed E-state index contributed by atoms with van der Waals surface area (Å²) < 4.78 is 0. The molecule has 2 aliphatic rings. The number of amides is 9. The number of guanidine groups is 3. The van der Waals surface area contributed by atoms with Gasteiger partial charge in [-0.2, -0.15) is 0 Å². The molecular weight excluding hydrogens is 1360 g/mol. The molecule has 0 spiro atoms. The Bertz CT molecular complexity index is 3510. The van der Waals surface area contributed by atoms with Crippen LogP contribution in [0.1, 0.15) is 94.6 Å². The van der Waals surface area contributed by atoms with Crippen LogP contribution in [0.15, 0.2) is 118 Å².